The van der Waals surface area contributed by atoms with Crippen LogP contribution in [0.2, 0.25) is 0 Å². The molecule has 1 N–H and O–H groups in total. The fraction of sp³-hybridized carbons (Fsp3) is 0.389. The molecule has 1 aromatic heterocycles. The second-order valence-electron chi connectivity index (χ2n) is 5.49. The maximum absolute atomic E-state index is 12.2. The molecule has 0 amide bonds. The molecule has 2 rings (SSSR count). The van der Waals surface area contributed by atoms with Crippen LogP contribution < -0.4 is 5.48 Å². The number of nitrogens with one attached hydrogen (secondary N) is 1. The van der Waals surface area contributed by atoms with E-state index in [0.29, 0.717) is 38.0 Å². The maximum atomic E-state index is 12.2. The van der Waals surface area contributed by atoms with E-state index in [0.717, 1.165) is 12.0 Å². The van der Waals surface area contributed by atoms with Gasteiger partial charge in [0.2, 0.25) is 0 Å². The predicted octanol–water partition coefficient (Wildman–Crippen LogP) is 2.51. The Labute approximate surface area is 136 Å². The van der Waals surface area contributed by atoms with Crippen LogP contribution in [0, 0.1) is 0 Å². The van der Waals surface area contributed by atoms with Crippen molar-refractivity contribution in [1.29, 1.82) is 0 Å². The van der Waals surface area contributed by atoms with Crippen molar-refractivity contribution in [3.8, 4) is 0 Å². The van der Waals surface area contributed by atoms with Crippen LogP contribution in [-0.2, 0) is 14.4 Å². The molecule has 1 fully saturated rings. The molecule has 0 saturated heterocycles. The summed E-state index contributed by atoms with van der Waals surface area (Å²) in [6.07, 6.45) is 9.07. The Balaban J connectivity index is 1.83. The zero-order valence-corrected chi connectivity index (χ0v) is 13.2. The van der Waals surface area contributed by atoms with Gasteiger partial charge in [-0.2, -0.15) is 0 Å². The zero-order valence-electron chi connectivity index (χ0n) is 13.2. The minimum absolute atomic E-state index is 0.0465. The van der Waals surface area contributed by atoms with Crippen molar-refractivity contribution in [2.24, 2.45) is 0 Å². The summed E-state index contributed by atoms with van der Waals surface area (Å²) in [6, 6.07) is 3.75. The quantitative estimate of drug-likeness (QED) is 0.262. The molecule has 0 unspecified atom stereocenters. The highest BCUT2D eigenvalue weighted by atomic mass is 16.6. The summed E-state index contributed by atoms with van der Waals surface area (Å²) in [4.78, 5) is 33.6. The minimum Gasteiger partial charge on any atom is -0.298 e. The maximum Gasteiger partial charge on any atom is 0.166 e. The smallest absolute Gasteiger partial charge is 0.166 e. The van der Waals surface area contributed by atoms with Crippen molar-refractivity contribution in [3.05, 3.63) is 54.4 Å². The van der Waals surface area contributed by atoms with Crippen LogP contribution in [0.3, 0.4) is 0 Å². The highest BCUT2D eigenvalue weighted by Gasteiger charge is 2.30. The summed E-state index contributed by atoms with van der Waals surface area (Å²) in [7, 11) is 0. The van der Waals surface area contributed by atoms with Crippen molar-refractivity contribution in [1.82, 2.24) is 10.5 Å². The van der Waals surface area contributed by atoms with Crippen molar-refractivity contribution in [2.45, 2.75) is 31.6 Å². The molecule has 0 spiro atoms. The first-order chi connectivity index (χ1) is 11.2. The molecule has 0 aromatic carbocycles. The average molecular weight is 314 g/mol. The van der Waals surface area contributed by atoms with Crippen molar-refractivity contribution >= 4 is 11.6 Å². The summed E-state index contributed by atoms with van der Waals surface area (Å²) < 4.78 is 0. The van der Waals surface area contributed by atoms with Crippen molar-refractivity contribution < 1.29 is 14.4 Å². The molecule has 5 heteroatoms. The molecular weight excluding hydrogens is 292 g/mol. The van der Waals surface area contributed by atoms with Gasteiger partial charge >= 0.3 is 0 Å². The molecule has 1 saturated carbocycles. The highest BCUT2D eigenvalue weighted by molar-refractivity contribution is 6.22. The number of nitrogens with zero attached hydrogens (tertiary/aromatic N) is 1. The molecule has 122 valence electrons. The number of aromatic nitrogens is 1. The van der Waals surface area contributed by atoms with Crippen LogP contribution in [0.4, 0.5) is 0 Å². The lowest BCUT2D eigenvalue weighted by Crippen LogP contribution is -2.25. The lowest BCUT2D eigenvalue weighted by Gasteiger charge is -2.22. The summed E-state index contributed by atoms with van der Waals surface area (Å²) in [5.74, 6) is -0.174. The Hall–Kier alpha value is -2.11. The summed E-state index contributed by atoms with van der Waals surface area (Å²) in [5.41, 5.74) is 4.11. The summed E-state index contributed by atoms with van der Waals surface area (Å²) in [6.45, 7) is 4.66. The van der Waals surface area contributed by atoms with Crippen LogP contribution in [0.25, 0.3) is 0 Å². The summed E-state index contributed by atoms with van der Waals surface area (Å²) >= 11 is 0. The Morgan fingerprint density at radius 3 is 2.78 bits per heavy atom. The lowest BCUT2D eigenvalue weighted by molar-refractivity contribution is -0.124. The molecule has 0 atom stereocenters. The molecule has 1 aliphatic rings. The molecule has 0 bridgehead atoms. The molecule has 23 heavy (non-hydrogen) atoms. The average Bonchev–Trinajstić information content (AvgIpc) is 2.56. The molecule has 1 heterocycles. The van der Waals surface area contributed by atoms with Gasteiger partial charge in [0.15, 0.2) is 11.6 Å². The van der Waals surface area contributed by atoms with Crippen LogP contribution in [0.1, 0.15) is 37.2 Å². The number of unbranched alkanes of at least 4 members (excludes halogenated alkanes) is 1. The Morgan fingerprint density at radius 1 is 1.35 bits per heavy atom. The number of hydroxylamine groups is 1. The Bertz CT molecular complexity index is 561. The van der Waals surface area contributed by atoms with E-state index >= 15 is 0 Å². The van der Waals surface area contributed by atoms with E-state index in [2.05, 4.69) is 17.0 Å². The van der Waals surface area contributed by atoms with Crippen LogP contribution in [-0.4, -0.2) is 29.7 Å². The predicted molar refractivity (Wildman–Crippen MR) is 87.7 cm³/mol. The molecular formula is C18H22N2O3. The van der Waals surface area contributed by atoms with Gasteiger partial charge < -0.3 is 0 Å². The van der Waals surface area contributed by atoms with Crippen LogP contribution in [0.5, 0.6) is 0 Å². The van der Waals surface area contributed by atoms with Gasteiger partial charge in [-0.1, -0.05) is 18.2 Å². The minimum atomic E-state index is -0.0639. The van der Waals surface area contributed by atoms with Crippen molar-refractivity contribution in [2.75, 3.05) is 13.2 Å². The van der Waals surface area contributed by atoms with E-state index in [9.17, 15) is 9.59 Å². The van der Waals surface area contributed by atoms with Crippen LogP contribution in [0.15, 0.2) is 48.8 Å². The first-order valence-corrected chi connectivity index (χ1v) is 7.84. The standard InChI is InChI=1S/C18H22N2O3/c1-2-10-23-20-9-4-3-7-16-17(21)11-15(12-18(16)22)14-6-5-8-19-13-14/h2,5-8,13,15,20H,1,3-4,9-12H2. The van der Waals surface area contributed by atoms with Gasteiger partial charge in [0.1, 0.15) is 0 Å². The second kappa shape index (κ2) is 9.12. The van der Waals surface area contributed by atoms with E-state index in [1.807, 2.05) is 12.1 Å². The van der Waals surface area contributed by atoms with Gasteiger partial charge in [-0.05, 0) is 30.4 Å². The number of carbonyl (C=O) groups is 2. The van der Waals surface area contributed by atoms with E-state index < -0.39 is 0 Å². The topological polar surface area (TPSA) is 68.3 Å². The number of ketones is 2. The van der Waals surface area contributed by atoms with Gasteiger partial charge in [0.25, 0.3) is 0 Å². The van der Waals surface area contributed by atoms with Gasteiger partial charge in [-0.15, -0.1) is 6.58 Å². The van der Waals surface area contributed by atoms with E-state index in [1.165, 1.54) is 0 Å². The number of allylic oxidation sites excluding steroid dienone is 2. The fourth-order valence-electron chi connectivity index (χ4n) is 2.59. The first-order valence-electron chi connectivity index (χ1n) is 7.84. The number of hydrogen-bond donors (Lipinski definition) is 1. The number of Topliss-reactive ketones (excluding diaryl/α,β-unsaturated/α-hetero) is 2. The van der Waals surface area contributed by atoms with Crippen LogP contribution >= 0.6 is 0 Å². The second-order valence-corrected chi connectivity index (χ2v) is 5.49. The zero-order chi connectivity index (χ0) is 16.5. The van der Waals surface area contributed by atoms with Gasteiger partial charge in [-0.25, -0.2) is 5.48 Å². The number of rotatable bonds is 8. The fourth-order valence-corrected chi connectivity index (χ4v) is 2.59. The Kier molecular flexibility index (Phi) is 6.84. The monoisotopic (exact) mass is 314 g/mol. The molecule has 5 nitrogen and oxygen atoms in total. The largest absolute Gasteiger partial charge is 0.298 e. The number of pyridine rings is 1. The van der Waals surface area contributed by atoms with Gasteiger partial charge in [0.05, 0.1) is 12.2 Å². The number of hydrogen-bond acceptors (Lipinski definition) is 5. The SMILES string of the molecule is C=CCONCCCC=C1C(=O)CC(c2cccnc2)CC1=O. The summed E-state index contributed by atoms with van der Waals surface area (Å²) in [5, 5.41) is 0. The van der Waals surface area contributed by atoms with E-state index in [4.69, 9.17) is 4.84 Å². The number of carbonyl (C=O) groups excluding carboxylic acids is 2. The Morgan fingerprint density at radius 2 is 2.13 bits per heavy atom. The van der Waals surface area contributed by atoms with Gasteiger partial charge in [-0.3, -0.25) is 19.4 Å². The van der Waals surface area contributed by atoms with Crippen molar-refractivity contribution in [3.63, 3.8) is 0 Å². The third-order valence-electron chi connectivity index (χ3n) is 3.75. The molecule has 1 aliphatic carbocycles. The van der Waals surface area contributed by atoms with E-state index in [1.54, 1.807) is 24.5 Å². The first kappa shape index (κ1) is 17.2. The third kappa shape index (κ3) is 5.23. The lowest BCUT2D eigenvalue weighted by atomic mass is 9.80. The molecule has 0 radical (unpaired) electrons. The van der Waals surface area contributed by atoms with E-state index in [-0.39, 0.29) is 17.5 Å². The van der Waals surface area contributed by atoms with Gasteiger partial charge in [0, 0.05) is 31.8 Å². The molecule has 0 aliphatic heterocycles. The normalized spacial score (nSPS) is 18.1. The third-order valence-corrected chi connectivity index (χ3v) is 3.75. The highest BCUT2D eigenvalue weighted by Crippen LogP contribution is 2.31. The molecule has 1 aromatic rings.